The van der Waals surface area contributed by atoms with Crippen molar-refractivity contribution < 1.29 is 14.7 Å². The summed E-state index contributed by atoms with van der Waals surface area (Å²) in [6, 6.07) is 8.43. The molecule has 0 aliphatic rings. The highest BCUT2D eigenvalue weighted by Gasteiger charge is 2.09. The number of hydrogen-bond acceptors (Lipinski definition) is 3. The molecule has 0 spiro atoms. The van der Waals surface area contributed by atoms with Crippen molar-refractivity contribution in [3.63, 3.8) is 0 Å². The SMILES string of the molecule is Cc1cc(C)cc(C(=O)Nc2ccc(C(=O)O)nc2)c1. The van der Waals surface area contributed by atoms with Gasteiger partial charge in [-0.3, -0.25) is 4.79 Å². The van der Waals surface area contributed by atoms with E-state index in [4.69, 9.17) is 5.11 Å². The fourth-order valence-electron chi connectivity index (χ4n) is 1.90. The quantitative estimate of drug-likeness (QED) is 0.898. The molecule has 0 saturated carbocycles. The van der Waals surface area contributed by atoms with E-state index in [1.807, 2.05) is 19.9 Å². The number of anilines is 1. The zero-order chi connectivity index (χ0) is 14.7. The third-order valence-corrected chi connectivity index (χ3v) is 2.72. The number of aryl methyl sites for hydroxylation is 2. The highest BCUT2D eigenvalue weighted by atomic mass is 16.4. The highest BCUT2D eigenvalue weighted by molar-refractivity contribution is 6.04. The summed E-state index contributed by atoms with van der Waals surface area (Å²) in [5.74, 6) is -1.35. The molecule has 2 rings (SSSR count). The Bertz CT molecular complexity index is 643. The molecule has 102 valence electrons. The minimum atomic E-state index is -1.10. The molecule has 0 aliphatic heterocycles. The number of amides is 1. The molecule has 0 radical (unpaired) electrons. The van der Waals surface area contributed by atoms with Crippen LogP contribution in [0.2, 0.25) is 0 Å². The summed E-state index contributed by atoms with van der Waals surface area (Å²) in [7, 11) is 0. The Morgan fingerprint density at radius 3 is 2.25 bits per heavy atom. The smallest absolute Gasteiger partial charge is 0.354 e. The molecule has 1 aromatic heterocycles. The number of nitrogens with one attached hydrogen (secondary N) is 1. The van der Waals surface area contributed by atoms with Gasteiger partial charge >= 0.3 is 5.97 Å². The summed E-state index contributed by atoms with van der Waals surface area (Å²) in [6.07, 6.45) is 1.32. The Kier molecular flexibility index (Phi) is 3.79. The maximum atomic E-state index is 12.1. The predicted molar refractivity (Wildman–Crippen MR) is 75.1 cm³/mol. The normalized spacial score (nSPS) is 10.1. The first-order valence-corrected chi connectivity index (χ1v) is 6.05. The number of benzene rings is 1. The fourth-order valence-corrected chi connectivity index (χ4v) is 1.90. The summed E-state index contributed by atoms with van der Waals surface area (Å²) in [5.41, 5.74) is 2.97. The van der Waals surface area contributed by atoms with Crippen LogP contribution in [0.3, 0.4) is 0 Å². The Morgan fingerprint density at radius 1 is 1.10 bits per heavy atom. The molecule has 0 atom stereocenters. The Hall–Kier alpha value is -2.69. The lowest BCUT2D eigenvalue weighted by molar-refractivity contribution is 0.0690. The lowest BCUT2D eigenvalue weighted by atomic mass is 10.1. The van der Waals surface area contributed by atoms with Crippen LogP contribution in [0.5, 0.6) is 0 Å². The predicted octanol–water partition coefficient (Wildman–Crippen LogP) is 2.65. The van der Waals surface area contributed by atoms with Crippen LogP contribution >= 0.6 is 0 Å². The van der Waals surface area contributed by atoms with Crippen LogP contribution in [0.4, 0.5) is 5.69 Å². The summed E-state index contributed by atoms with van der Waals surface area (Å²) < 4.78 is 0. The second-order valence-electron chi connectivity index (χ2n) is 4.57. The van der Waals surface area contributed by atoms with Gasteiger partial charge in [0.05, 0.1) is 11.9 Å². The molecule has 5 heteroatoms. The van der Waals surface area contributed by atoms with E-state index in [9.17, 15) is 9.59 Å². The van der Waals surface area contributed by atoms with E-state index in [1.54, 1.807) is 12.1 Å². The molecule has 1 amide bonds. The van der Waals surface area contributed by atoms with E-state index in [2.05, 4.69) is 10.3 Å². The number of carbonyl (C=O) groups excluding carboxylic acids is 1. The first-order valence-electron chi connectivity index (χ1n) is 6.05. The van der Waals surface area contributed by atoms with Crippen molar-refractivity contribution in [1.82, 2.24) is 4.98 Å². The van der Waals surface area contributed by atoms with E-state index in [-0.39, 0.29) is 11.6 Å². The van der Waals surface area contributed by atoms with Gasteiger partial charge in [0.2, 0.25) is 0 Å². The van der Waals surface area contributed by atoms with Crippen LogP contribution in [0, 0.1) is 13.8 Å². The number of carboxylic acid groups (broad SMARTS) is 1. The van der Waals surface area contributed by atoms with Gasteiger partial charge in [0.1, 0.15) is 5.69 Å². The molecular weight excluding hydrogens is 256 g/mol. The molecule has 0 fully saturated rings. The van der Waals surface area contributed by atoms with Crippen LogP contribution in [0.25, 0.3) is 0 Å². The van der Waals surface area contributed by atoms with Crippen LogP contribution in [-0.2, 0) is 0 Å². The summed E-state index contributed by atoms with van der Waals surface area (Å²) in [5, 5.41) is 11.4. The second kappa shape index (κ2) is 5.52. The minimum absolute atomic E-state index is 0.0607. The molecule has 0 bridgehead atoms. The Morgan fingerprint density at radius 2 is 1.75 bits per heavy atom. The summed E-state index contributed by atoms with van der Waals surface area (Å²) in [4.78, 5) is 26.5. The largest absolute Gasteiger partial charge is 0.477 e. The number of aromatic carboxylic acids is 1. The van der Waals surface area contributed by atoms with Crippen LogP contribution in [0.15, 0.2) is 36.5 Å². The molecule has 0 saturated heterocycles. The monoisotopic (exact) mass is 270 g/mol. The van der Waals surface area contributed by atoms with E-state index in [0.717, 1.165) is 11.1 Å². The average Bonchev–Trinajstić information content (AvgIpc) is 2.38. The van der Waals surface area contributed by atoms with Gasteiger partial charge in [-0.1, -0.05) is 17.2 Å². The summed E-state index contributed by atoms with van der Waals surface area (Å²) in [6.45, 7) is 3.85. The van der Waals surface area contributed by atoms with Crippen molar-refractivity contribution in [3.8, 4) is 0 Å². The van der Waals surface area contributed by atoms with Gasteiger partial charge in [0.15, 0.2) is 0 Å². The number of carboxylic acids is 1. The topological polar surface area (TPSA) is 79.3 Å². The molecular formula is C15H14N2O3. The number of hydrogen-bond donors (Lipinski definition) is 2. The molecule has 0 aliphatic carbocycles. The van der Waals surface area contributed by atoms with Crippen molar-refractivity contribution in [3.05, 3.63) is 58.9 Å². The minimum Gasteiger partial charge on any atom is -0.477 e. The van der Waals surface area contributed by atoms with Gasteiger partial charge in [0, 0.05) is 5.56 Å². The number of aromatic nitrogens is 1. The van der Waals surface area contributed by atoms with E-state index in [1.165, 1.54) is 18.3 Å². The first kappa shape index (κ1) is 13.7. The molecule has 5 nitrogen and oxygen atoms in total. The summed E-state index contributed by atoms with van der Waals surface area (Å²) >= 11 is 0. The molecule has 2 aromatic rings. The molecule has 1 aromatic carbocycles. The maximum Gasteiger partial charge on any atom is 0.354 e. The second-order valence-corrected chi connectivity index (χ2v) is 4.57. The van der Waals surface area contributed by atoms with Gasteiger partial charge in [-0.25, -0.2) is 9.78 Å². The van der Waals surface area contributed by atoms with Crippen molar-refractivity contribution in [2.24, 2.45) is 0 Å². The molecule has 2 N–H and O–H groups in total. The molecule has 20 heavy (non-hydrogen) atoms. The van der Waals surface area contributed by atoms with Crippen molar-refractivity contribution in [2.75, 3.05) is 5.32 Å². The average molecular weight is 270 g/mol. The number of rotatable bonds is 3. The fraction of sp³-hybridized carbons (Fsp3) is 0.133. The van der Waals surface area contributed by atoms with E-state index < -0.39 is 5.97 Å². The lowest BCUT2D eigenvalue weighted by Gasteiger charge is -2.07. The van der Waals surface area contributed by atoms with Gasteiger partial charge in [0.25, 0.3) is 5.91 Å². The Balaban J connectivity index is 2.16. The Labute approximate surface area is 116 Å². The van der Waals surface area contributed by atoms with Crippen LogP contribution in [-0.4, -0.2) is 22.0 Å². The first-order chi connectivity index (χ1) is 9.45. The maximum absolute atomic E-state index is 12.1. The third kappa shape index (κ3) is 3.20. The van der Waals surface area contributed by atoms with E-state index in [0.29, 0.717) is 11.3 Å². The zero-order valence-electron chi connectivity index (χ0n) is 11.2. The third-order valence-electron chi connectivity index (χ3n) is 2.72. The van der Waals surface area contributed by atoms with Crippen molar-refractivity contribution in [1.29, 1.82) is 0 Å². The lowest BCUT2D eigenvalue weighted by Crippen LogP contribution is -2.13. The highest BCUT2D eigenvalue weighted by Crippen LogP contribution is 2.12. The van der Waals surface area contributed by atoms with Gasteiger partial charge in [-0.2, -0.15) is 0 Å². The number of nitrogens with zero attached hydrogens (tertiary/aromatic N) is 1. The van der Waals surface area contributed by atoms with Crippen molar-refractivity contribution >= 4 is 17.6 Å². The number of pyridine rings is 1. The molecule has 0 unspecified atom stereocenters. The standard InChI is InChI=1S/C15H14N2O3/c1-9-5-10(2)7-11(6-9)14(18)17-12-3-4-13(15(19)20)16-8-12/h3-8H,1-2H3,(H,17,18)(H,19,20). The molecule has 1 heterocycles. The zero-order valence-corrected chi connectivity index (χ0v) is 11.2. The van der Waals surface area contributed by atoms with E-state index >= 15 is 0 Å². The number of carbonyl (C=O) groups is 2. The van der Waals surface area contributed by atoms with Gasteiger partial charge in [-0.05, 0) is 38.1 Å². The van der Waals surface area contributed by atoms with Crippen LogP contribution < -0.4 is 5.32 Å². The van der Waals surface area contributed by atoms with Crippen LogP contribution in [0.1, 0.15) is 32.0 Å². The van der Waals surface area contributed by atoms with Crippen molar-refractivity contribution in [2.45, 2.75) is 13.8 Å². The van der Waals surface area contributed by atoms with Gasteiger partial charge < -0.3 is 10.4 Å². The van der Waals surface area contributed by atoms with Gasteiger partial charge in [-0.15, -0.1) is 0 Å².